The van der Waals surface area contributed by atoms with Crippen molar-refractivity contribution in [3.05, 3.63) is 59.2 Å². The molecule has 8 heteroatoms. The fraction of sp³-hybridized carbons (Fsp3) is 0.522. The number of carbonyl (C=O) groups excluding carboxylic acids is 1. The molecule has 31 heavy (non-hydrogen) atoms. The van der Waals surface area contributed by atoms with Gasteiger partial charge < -0.3 is 4.90 Å². The second-order valence-corrected chi connectivity index (χ2v) is 8.83. The van der Waals surface area contributed by atoms with Crippen molar-refractivity contribution in [2.24, 2.45) is 5.92 Å². The Hall–Kier alpha value is -2.48. The molecule has 2 aromatic rings. The van der Waals surface area contributed by atoms with Crippen molar-refractivity contribution in [1.82, 2.24) is 19.8 Å². The van der Waals surface area contributed by atoms with Crippen molar-refractivity contribution in [2.75, 3.05) is 19.6 Å². The van der Waals surface area contributed by atoms with Gasteiger partial charge in [-0.3, -0.25) is 9.69 Å². The predicted octanol–water partition coefficient (Wildman–Crippen LogP) is 4.36. The molecule has 0 saturated carbocycles. The number of benzene rings is 1. The van der Waals surface area contributed by atoms with Gasteiger partial charge in [-0.05, 0) is 43.5 Å². The monoisotopic (exact) mass is 432 g/mol. The number of carbonyl (C=O) groups is 1. The van der Waals surface area contributed by atoms with Gasteiger partial charge in [0.2, 0.25) is 0 Å². The first-order chi connectivity index (χ1) is 14.7. The summed E-state index contributed by atoms with van der Waals surface area (Å²) >= 11 is 0. The van der Waals surface area contributed by atoms with Gasteiger partial charge in [0.05, 0.1) is 5.56 Å². The van der Waals surface area contributed by atoms with E-state index in [4.69, 9.17) is 0 Å². The van der Waals surface area contributed by atoms with Crippen LogP contribution in [0.3, 0.4) is 0 Å². The Bertz CT molecular complexity index is 929. The number of rotatable bonds is 4. The summed E-state index contributed by atoms with van der Waals surface area (Å²) in [5, 5.41) is 0. The highest BCUT2D eigenvalue weighted by Gasteiger charge is 2.41. The topological polar surface area (TPSA) is 49.3 Å². The Kier molecular flexibility index (Phi) is 6.01. The molecule has 1 amide bonds. The zero-order chi connectivity index (χ0) is 22.2. The third-order valence-corrected chi connectivity index (χ3v) is 6.25. The van der Waals surface area contributed by atoms with Crippen molar-refractivity contribution in [3.8, 4) is 0 Å². The molecule has 0 aliphatic carbocycles. The van der Waals surface area contributed by atoms with Gasteiger partial charge in [-0.1, -0.05) is 19.9 Å². The number of alkyl halides is 3. The molecular formula is C23H27F3N4O. The minimum atomic E-state index is -4.46. The zero-order valence-corrected chi connectivity index (χ0v) is 17.8. The van der Waals surface area contributed by atoms with E-state index in [0.29, 0.717) is 25.6 Å². The molecule has 2 aliphatic rings. The fourth-order valence-electron chi connectivity index (χ4n) is 4.63. The number of aromatic nitrogens is 2. The summed E-state index contributed by atoms with van der Waals surface area (Å²) in [6.07, 6.45) is 1.34. The minimum absolute atomic E-state index is 0.0951. The van der Waals surface area contributed by atoms with Crippen LogP contribution < -0.4 is 0 Å². The Labute approximate surface area is 180 Å². The molecule has 1 aromatic heterocycles. The van der Waals surface area contributed by atoms with Crippen LogP contribution in [-0.2, 0) is 12.7 Å². The highest BCUT2D eigenvalue weighted by molar-refractivity contribution is 5.94. The van der Waals surface area contributed by atoms with Crippen LogP contribution >= 0.6 is 0 Å². The summed E-state index contributed by atoms with van der Waals surface area (Å²) in [7, 11) is 0. The summed E-state index contributed by atoms with van der Waals surface area (Å²) in [4.78, 5) is 25.9. The van der Waals surface area contributed by atoms with E-state index in [-0.39, 0.29) is 23.4 Å². The van der Waals surface area contributed by atoms with Gasteiger partial charge in [0.1, 0.15) is 5.82 Å². The molecule has 2 saturated heterocycles. The van der Waals surface area contributed by atoms with Crippen LogP contribution in [0, 0.1) is 5.92 Å². The summed E-state index contributed by atoms with van der Waals surface area (Å²) in [5.74, 6) is 1.10. The summed E-state index contributed by atoms with van der Waals surface area (Å²) in [5.41, 5.74) is 0.340. The maximum atomic E-state index is 13.0. The lowest BCUT2D eigenvalue weighted by atomic mass is 9.92. The molecule has 2 atom stereocenters. The lowest BCUT2D eigenvalue weighted by Gasteiger charge is -2.36. The Morgan fingerprint density at radius 3 is 2.61 bits per heavy atom. The first-order valence-corrected chi connectivity index (χ1v) is 10.7. The van der Waals surface area contributed by atoms with Gasteiger partial charge in [-0.2, -0.15) is 13.2 Å². The molecule has 0 N–H and O–H groups in total. The number of piperidine rings is 1. The lowest BCUT2D eigenvalue weighted by Crippen LogP contribution is -2.44. The molecule has 1 aromatic carbocycles. The van der Waals surface area contributed by atoms with Gasteiger partial charge >= 0.3 is 6.18 Å². The molecule has 3 heterocycles. The van der Waals surface area contributed by atoms with Crippen LogP contribution in [0.25, 0.3) is 0 Å². The smallest absolute Gasteiger partial charge is 0.337 e. The van der Waals surface area contributed by atoms with Gasteiger partial charge in [0.15, 0.2) is 0 Å². The number of nitrogens with zero attached hydrogens (tertiary/aromatic N) is 4. The van der Waals surface area contributed by atoms with Crippen molar-refractivity contribution in [2.45, 2.75) is 51.4 Å². The third kappa shape index (κ3) is 4.74. The highest BCUT2D eigenvalue weighted by Crippen LogP contribution is 2.33. The van der Waals surface area contributed by atoms with Crippen LogP contribution in [0.1, 0.15) is 59.9 Å². The van der Waals surface area contributed by atoms with E-state index in [2.05, 4.69) is 28.7 Å². The van der Waals surface area contributed by atoms with E-state index < -0.39 is 11.7 Å². The molecule has 0 bridgehead atoms. The van der Waals surface area contributed by atoms with E-state index in [1.807, 2.05) is 12.4 Å². The van der Waals surface area contributed by atoms with Gasteiger partial charge in [-0.25, -0.2) is 9.97 Å². The number of amides is 1. The normalized spacial score (nSPS) is 22.1. The number of fused-ring (bicyclic) bond motifs is 1. The molecule has 0 radical (unpaired) electrons. The number of hydrogen-bond acceptors (Lipinski definition) is 4. The minimum Gasteiger partial charge on any atom is -0.337 e. The maximum absolute atomic E-state index is 13.0. The molecular weight excluding hydrogens is 405 g/mol. The summed E-state index contributed by atoms with van der Waals surface area (Å²) in [6.45, 7) is 6.87. The second kappa shape index (κ2) is 8.57. The van der Waals surface area contributed by atoms with E-state index in [9.17, 15) is 18.0 Å². The Balaban J connectivity index is 1.46. The largest absolute Gasteiger partial charge is 0.416 e. The zero-order valence-electron chi connectivity index (χ0n) is 17.8. The number of halogens is 3. The van der Waals surface area contributed by atoms with Crippen molar-refractivity contribution in [3.63, 3.8) is 0 Å². The highest BCUT2D eigenvalue weighted by atomic mass is 19.4. The summed E-state index contributed by atoms with van der Waals surface area (Å²) < 4.78 is 39.1. The molecule has 2 fully saturated rings. The lowest BCUT2D eigenvalue weighted by molar-refractivity contribution is -0.137. The first kappa shape index (κ1) is 21.7. The molecule has 0 unspecified atom stereocenters. The molecule has 0 spiro atoms. The van der Waals surface area contributed by atoms with Gasteiger partial charge in [0, 0.05) is 55.1 Å². The van der Waals surface area contributed by atoms with E-state index >= 15 is 0 Å². The van der Waals surface area contributed by atoms with E-state index in [1.165, 1.54) is 12.1 Å². The SMILES string of the molecule is CC(C)c1ncc(CN2CCC[C@@H]3CN(C(=O)c4cccc(C(F)(F)F)c4)C[C@@H]32)cn1. The average molecular weight is 432 g/mol. The average Bonchev–Trinajstić information content (AvgIpc) is 3.18. The molecule has 166 valence electrons. The standard InChI is InChI=1S/C23H27F3N4O/c1-15(2)21-27-10-16(11-28-21)12-29-8-4-6-18-13-30(14-20(18)29)22(31)17-5-3-7-19(9-17)23(24,25)26/h3,5,7,9-11,15,18,20H,4,6,8,12-14H2,1-2H3/t18-,20+/m1/s1. The second-order valence-electron chi connectivity index (χ2n) is 8.83. The van der Waals surface area contributed by atoms with Crippen molar-refractivity contribution < 1.29 is 18.0 Å². The van der Waals surface area contributed by atoms with E-state index in [0.717, 1.165) is 42.9 Å². The Morgan fingerprint density at radius 2 is 1.94 bits per heavy atom. The molecule has 4 rings (SSSR count). The van der Waals surface area contributed by atoms with Crippen LogP contribution in [0.4, 0.5) is 13.2 Å². The molecule has 2 aliphatic heterocycles. The van der Waals surface area contributed by atoms with Gasteiger partial charge in [0.25, 0.3) is 5.91 Å². The number of likely N-dealkylation sites (tertiary alicyclic amines) is 2. The van der Waals surface area contributed by atoms with Crippen molar-refractivity contribution in [1.29, 1.82) is 0 Å². The Morgan fingerprint density at radius 1 is 1.19 bits per heavy atom. The van der Waals surface area contributed by atoms with Crippen LogP contribution in [0.15, 0.2) is 36.7 Å². The molecule has 5 nitrogen and oxygen atoms in total. The summed E-state index contributed by atoms with van der Waals surface area (Å²) in [6, 6.07) is 4.91. The van der Waals surface area contributed by atoms with Crippen LogP contribution in [0.5, 0.6) is 0 Å². The van der Waals surface area contributed by atoms with Gasteiger partial charge in [-0.15, -0.1) is 0 Å². The predicted molar refractivity (Wildman–Crippen MR) is 110 cm³/mol. The fourth-order valence-corrected chi connectivity index (χ4v) is 4.63. The number of hydrogen-bond donors (Lipinski definition) is 0. The van der Waals surface area contributed by atoms with Crippen LogP contribution in [-0.4, -0.2) is 51.4 Å². The quantitative estimate of drug-likeness (QED) is 0.721. The van der Waals surface area contributed by atoms with Crippen molar-refractivity contribution >= 4 is 5.91 Å². The maximum Gasteiger partial charge on any atom is 0.416 e. The first-order valence-electron chi connectivity index (χ1n) is 10.7. The van der Waals surface area contributed by atoms with Crippen LogP contribution in [0.2, 0.25) is 0 Å². The van der Waals surface area contributed by atoms with E-state index in [1.54, 1.807) is 4.90 Å². The third-order valence-electron chi connectivity index (χ3n) is 6.25.